The fourth-order valence-electron chi connectivity index (χ4n) is 4.20. The number of imidazole rings is 1. The van der Waals surface area contributed by atoms with Crippen molar-refractivity contribution in [3.8, 4) is 0 Å². The molecule has 160 valence electrons. The van der Waals surface area contributed by atoms with Crippen LogP contribution in [0.5, 0.6) is 0 Å². The summed E-state index contributed by atoms with van der Waals surface area (Å²) in [5.74, 6) is -1.40. The number of amides is 1. The van der Waals surface area contributed by atoms with E-state index in [9.17, 15) is 18.0 Å². The van der Waals surface area contributed by atoms with Gasteiger partial charge >= 0.3 is 6.18 Å². The van der Waals surface area contributed by atoms with E-state index in [2.05, 4.69) is 4.98 Å². The van der Waals surface area contributed by atoms with Crippen LogP contribution in [-0.2, 0) is 17.5 Å². The van der Waals surface area contributed by atoms with Gasteiger partial charge in [-0.3, -0.25) is 4.79 Å². The second-order valence-corrected chi connectivity index (χ2v) is 8.69. The first-order chi connectivity index (χ1) is 14.9. The fourth-order valence-corrected chi connectivity index (χ4v) is 5.31. The molecule has 1 saturated heterocycles. The van der Waals surface area contributed by atoms with Crippen molar-refractivity contribution in [2.75, 3.05) is 6.54 Å². The Kier molecular flexibility index (Phi) is 4.92. The zero-order valence-corrected chi connectivity index (χ0v) is 17.3. The van der Waals surface area contributed by atoms with Crippen molar-refractivity contribution in [1.29, 1.82) is 0 Å². The predicted octanol–water partition coefficient (Wildman–Crippen LogP) is 5.42. The van der Waals surface area contributed by atoms with E-state index >= 15 is 0 Å². The largest absolute Gasteiger partial charge is 0.449 e. The SMILES string of the molecule is O=C(Cn1c(C(F)(F)F)nc2ccccc21)N1CCCC[C@H]1c1nc2ccccc2s1. The van der Waals surface area contributed by atoms with Gasteiger partial charge in [-0.25, -0.2) is 9.97 Å². The molecule has 1 aliphatic rings. The molecule has 0 aliphatic carbocycles. The van der Waals surface area contributed by atoms with Crippen molar-refractivity contribution in [2.45, 2.75) is 38.0 Å². The molecule has 31 heavy (non-hydrogen) atoms. The number of likely N-dealkylation sites (tertiary alicyclic amines) is 1. The lowest BCUT2D eigenvalue weighted by atomic mass is 10.0. The molecule has 1 aliphatic heterocycles. The molecule has 1 atom stereocenters. The Hall–Kier alpha value is -2.94. The monoisotopic (exact) mass is 444 g/mol. The van der Waals surface area contributed by atoms with E-state index in [0.29, 0.717) is 12.1 Å². The third-order valence-electron chi connectivity index (χ3n) is 5.62. The van der Waals surface area contributed by atoms with Crippen LogP contribution in [0.15, 0.2) is 48.5 Å². The molecular weight excluding hydrogens is 425 g/mol. The quantitative estimate of drug-likeness (QED) is 0.424. The zero-order valence-electron chi connectivity index (χ0n) is 16.5. The second-order valence-electron chi connectivity index (χ2n) is 7.63. The minimum atomic E-state index is -4.65. The lowest BCUT2D eigenvalue weighted by Crippen LogP contribution is -2.40. The van der Waals surface area contributed by atoms with E-state index in [0.717, 1.165) is 39.1 Å². The summed E-state index contributed by atoms with van der Waals surface area (Å²) in [6.45, 7) is 0.101. The lowest BCUT2D eigenvalue weighted by molar-refractivity contribution is -0.148. The maximum absolute atomic E-state index is 13.6. The number of aromatic nitrogens is 3. The number of carbonyl (C=O) groups excluding carboxylic acids is 1. The zero-order chi connectivity index (χ0) is 21.6. The summed E-state index contributed by atoms with van der Waals surface area (Å²) in [6, 6.07) is 13.9. The van der Waals surface area contributed by atoms with Gasteiger partial charge in [0.25, 0.3) is 0 Å². The average Bonchev–Trinajstić information content (AvgIpc) is 3.35. The summed E-state index contributed by atoms with van der Waals surface area (Å²) in [6.07, 6.45) is -2.12. The molecule has 2 aromatic carbocycles. The first-order valence-electron chi connectivity index (χ1n) is 10.1. The fraction of sp³-hybridized carbons (Fsp3) is 0.318. The van der Waals surface area contributed by atoms with Crippen LogP contribution in [0.1, 0.15) is 36.1 Å². The minimum absolute atomic E-state index is 0.220. The first-order valence-corrected chi connectivity index (χ1v) is 10.9. The molecular formula is C22H19F3N4OS. The van der Waals surface area contributed by atoms with Crippen LogP contribution < -0.4 is 0 Å². The van der Waals surface area contributed by atoms with Crippen molar-refractivity contribution < 1.29 is 18.0 Å². The lowest BCUT2D eigenvalue weighted by Gasteiger charge is -2.34. The van der Waals surface area contributed by atoms with E-state index in [1.807, 2.05) is 24.3 Å². The maximum atomic E-state index is 13.6. The summed E-state index contributed by atoms with van der Waals surface area (Å²) in [5.41, 5.74) is 1.40. The van der Waals surface area contributed by atoms with E-state index in [-0.39, 0.29) is 17.5 Å². The normalized spacial score (nSPS) is 17.5. The van der Waals surface area contributed by atoms with Crippen LogP contribution >= 0.6 is 11.3 Å². The molecule has 4 aromatic rings. The van der Waals surface area contributed by atoms with Crippen LogP contribution in [0.2, 0.25) is 0 Å². The molecule has 9 heteroatoms. The van der Waals surface area contributed by atoms with Crippen LogP contribution in [-0.4, -0.2) is 31.9 Å². The van der Waals surface area contributed by atoms with Crippen molar-refractivity contribution in [3.63, 3.8) is 0 Å². The Morgan fingerprint density at radius 2 is 1.77 bits per heavy atom. The van der Waals surface area contributed by atoms with Gasteiger partial charge in [0.1, 0.15) is 11.6 Å². The van der Waals surface area contributed by atoms with Crippen LogP contribution in [0.25, 0.3) is 21.3 Å². The Labute approximate surface area is 180 Å². The smallest absolute Gasteiger partial charge is 0.332 e. The van der Waals surface area contributed by atoms with Gasteiger partial charge < -0.3 is 9.47 Å². The number of para-hydroxylation sites is 3. The maximum Gasteiger partial charge on any atom is 0.449 e. The van der Waals surface area contributed by atoms with Gasteiger partial charge in [0.15, 0.2) is 0 Å². The topological polar surface area (TPSA) is 51.0 Å². The standard InChI is InChI=1S/C22H19F3N4OS/c23-22(24,25)21-27-14-7-1-3-9-16(14)29(21)13-19(30)28-12-6-5-10-17(28)20-26-15-8-2-4-11-18(15)31-20/h1-4,7-9,11,17H,5-6,10,12-13H2/t17-/m0/s1. The Balaban J connectivity index is 1.49. The Bertz CT molecular complexity index is 1230. The minimum Gasteiger partial charge on any atom is -0.332 e. The van der Waals surface area contributed by atoms with E-state index < -0.39 is 18.5 Å². The highest BCUT2D eigenvalue weighted by atomic mass is 32.1. The summed E-state index contributed by atoms with van der Waals surface area (Å²) >= 11 is 1.54. The van der Waals surface area contributed by atoms with Crippen LogP contribution in [0.3, 0.4) is 0 Å². The summed E-state index contributed by atoms with van der Waals surface area (Å²) in [4.78, 5) is 23.4. The number of rotatable bonds is 3. The molecule has 2 aromatic heterocycles. The molecule has 0 N–H and O–H groups in total. The first kappa shape index (κ1) is 20.0. The number of alkyl halides is 3. The van der Waals surface area contributed by atoms with E-state index in [1.54, 1.807) is 23.1 Å². The van der Waals surface area contributed by atoms with Gasteiger partial charge in [-0.05, 0) is 43.5 Å². The number of thiazole rings is 1. The number of benzene rings is 2. The van der Waals surface area contributed by atoms with E-state index in [1.165, 1.54) is 17.4 Å². The van der Waals surface area contributed by atoms with Gasteiger partial charge in [0.05, 0.1) is 27.3 Å². The molecule has 5 rings (SSSR count). The number of hydrogen-bond donors (Lipinski definition) is 0. The molecule has 0 saturated carbocycles. The third kappa shape index (κ3) is 3.67. The molecule has 3 heterocycles. The van der Waals surface area contributed by atoms with Crippen molar-refractivity contribution in [3.05, 3.63) is 59.4 Å². The second kappa shape index (κ2) is 7.64. The summed E-state index contributed by atoms with van der Waals surface area (Å²) in [7, 11) is 0. The Morgan fingerprint density at radius 3 is 2.55 bits per heavy atom. The highest BCUT2D eigenvalue weighted by Crippen LogP contribution is 2.37. The van der Waals surface area contributed by atoms with Gasteiger partial charge in [-0.1, -0.05) is 24.3 Å². The van der Waals surface area contributed by atoms with Gasteiger partial charge in [0, 0.05) is 6.54 Å². The summed E-state index contributed by atoms with van der Waals surface area (Å²) in [5, 5.41) is 0.834. The molecule has 0 unspecified atom stereocenters. The number of hydrogen-bond acceptors (Lipinski definition) is 4. The van der Waals surface area contributed by atoms with Crippen molar-refractivity contribution in [2.24, 2.45) is 0 Å². The molecule has 0 bridgehead atoms. The van der Waals surface area contributed by atoms with Gasteiger partial charge in [0.2, 0.25) is 11.7 Å². The third-order valence-corrected chi connectivity index (χ3v) is 6.76. The van der Waals surface area contributed by atoms with Crippen LogP contribution in [0, 0.1) is 0 Å². The predicted molar refractivity (Wildman–Crippen MR) is 113 cm³/mol. The molecule has 1 fully saturated rings. The van der Waals surface area contributed by atoms with Gasteiger partial charge in [-0.15, -0.1) is 11.3 Å². The molecule has 0 radical (unpaired) electrons. The molecule has 5 nitrogen and oxygen atoms in total. The van der Waals surface area contributed by atoms with Crippen LogP contribution in [0.4, 0.5) is 13.2 Å². The molecule has 0 spiro atoms. The highest BCUT2D eigenvalue weighted by Gasteiger charge is 2.39. The number of fused-ring (bicyclic) bond motifs is 2. The number of halogens is 3. The summed E-state index contributed by atoms with van der Waals surface area (Å²) < 4.78 is 42.9. The molecule has 1 amide bonds. The van der Waals surface area contributed by atoms with Gasteiger partial charge in [-0.2, -0.15) is 13.2 Å². The van der Waals surface area contributed by atoms with E-state index in [4.69, 9.17) is 4.98 Å². The average molecular weight is 444 g/mol. The number of carbonyl (C=O) groups is 1. The van der Waals surface area contributed by atoms with Crippen molar-refractivity contribution in [1.82, 2.24) is 19.4 Å². The number of piperidine rings is 1. The highest BCUT2D eigenvalue weighted by molar-refractivity contribution is 7.18. The van der Waals surface area contributed by atoms with Crippen molar-refractivity contribution >= 4 is 38.5 Å². The Morgan fingerprint density at radius 1 is 1.03 bits per heavy atom. The number of nitrogens with zero attached hydrogens (tertiary/aromatic N) is 4.